The lowest BCUT2D eigenvalue weighted by Gasteiger charge is -2.12. The van der Waals surface area contributed by atoms with E-state index < -0.39 is 6.43 Å². The Hall–Kier alpha value is -2.23. The van der Waals surface area contributed by atoms with Crippen molar-refractivity contribution in [1.82, 2.24) is 0 Å². The predicted octanol–water partition coefficient (Wildman–Crippen LogP) is 4.32. The Morgan fingerprint density at radius 2 is 1.90 bits per heavy atom. The second-order valence-electron chi connectivity index (χ2n) is 4.44. The molecular weight excluding hydrogens is 262 g/mol. The van der Waals surface area contributed by atoms with Gasteiger partial charge in [-0.25, -0.2) is 8.78 Å². The Bertz CT molecular complexity index is 595. The van der Waals surface area contributed by atoms with E-state index in [0.717, 1.165) is 5.56 Å². The average molecular weight is 276 g/mol. The van der Waals surface area contributed by atoms with E-state index in [-0.39, 0.29) is 17.7 Å². The van der Waals surface area contributed by atoms with Crippen molar-refractivity contribution in [2.75, 3.05) is 0 Å². The number of carbonyl (C=O) groups excluding carboxylic acids is 1. The summed E-state index contributed by atoms with van der Waals surface area (Å²) in [5.41, 5.74) is 1.36. The number of alkyl halides is 2. The molecule has 2 aromatic rings. The third-order valence-corrected chi connectivity index (χ3v) is 3.00. The topological polar surface area (TPSA) is 26.3 Å². The summed E-state index contributed by atoms with van der Waals surface area (Å²) in [7, 11) is 0. The van der Waals surface area contributed by atoms with Crippen LogP contribution in [-0.4, -0.2) is 6.29 Å². The zero-order valence-electron chi connectivity index (χ0n) is 11.0. The maximum Gasteiger partial charge on any atom is 0.264 e. The Labute approximate surface area is 116 Å². The lowest BCUT2D eigenvalue weighted by atomic mass is 10.0. The minimum absolute atomic E-state index is 0.140. The van der Waals surface area contributed by atoms with Crippen LogP contribution >= 0.6 is 0 Å². The minimum atomic E-state index is -2.60. The molecule has 20 heavy (non-hydrogen) atoms. The Kier molecular flexibility index (Phi) is 4.45. The van der Waals surface area contributed by atoms with Gasteiger partial charge in [0, 0.05) is 5.56 Å². The van der Waals surface area contributed by atoms with Gasteiger partial charge >= 0.3 is 0 Å². The zero-order chi connectivity index (χ0) is 14.5. The molecule has 0 aromatic heterocycles. The third kappa shape index (κ3) is 3.20. The molecule has 0 N–H and O–H groups in total. The van der Waals surface area contributed by atoms with Gasteiger partial charge in [0.05, 0.1) is 5.56 Å². The van der Waals surface area contributed by atoms with Gasteiger partial charge in [-0.15, -0.1) is 0 Å². The molecule has 0 aliphatic carbocycles. The van der Waals surface area contributed by atoms with Crippen molar-refractivity contribution in [3.05, 3.63) is 64.7 Å². The van der Waals surface area contributed by atoms with Crippen LogP contribution in [0.15, 0.2) is 42.5 Å². The van der Waals surface area contributed by atoms with E-state index in [1.54, 1.807) is 6.92 Å². The third-order valence-electron chi connectivity index (χ3n) is 3.00. The van der Waals surface area contributed by atoms with Gasteiger partial charge in [0.2, 0.25) is 0 Å². The summed E-state index contributed by atoms with van der Waals surface area (Å²) in [4.78, 5) is 11.0. The molecule has 2 aromatic carbocycles. The van der Waals surface area contributed by atoms with Gasteiger partial charge in [-0.2, -0.15) is 0 Å². The SMILES string of the molecule is Cc1cc(OCc2ccccc2)c(C=O)cc1C(F)F. The van der Waals surface area contributed by atoms with Crippen molar-refractivity contribution >= 4 is 6.29 Å². The summed E-state index contributed by atoms with van der Waals surface area (Å²) in [6.07, 6.45) is -2.07. The van der Waals surface area contributed by atoms with Crippen LogP contribution in [0, 0.1) is 6.92 Å². The van der Waals surface area contributed by atoms with Gasteiger partial charge in [-0.3, -0.25) is 4.79 Å². The van der Waals surface area contributed by atoms with Crippen LogP contribution in [0.25, 0.3) is 0 Å². The highest BCUT2D eigenvalue weighted by molar-refractivity contribution is 5.80. The number of aldehydes is 1. The number of benzene rings is 2. The molecule has 0 atom stereocenters. The second kappa shape index (κ2) is 6.28. The molecule has 0 saturated carbocycles. The van der Waals surface area contributed by atoms with Gasteiger partial charge in [-0.1, -0.05) is 30.3 Å². The van der Waals surface area contributed by atoms with Crippen molar-refractivity contribution in [2.45, 2.75) is 20.0 Å². The molecule has 0 unspecified atom stereocenters. The van der Waals surface area contributed by atoms with E-state index in [1.165, 1.54) is 12.1 Å². The minimum Gasteiger partial charge on any atom is -0.488 e. The van der Waals surface area contributed by atoms with Crippen molar-refractivity contribution in [3.8, 4) is 5.75 Å². The lowest BCUT2D eigenvalue weighted by Crippen LogP contribution is -2.01. The maximum absolute atomic E-state index is 12.8. The summed E-state index contributed by atoms with van der Waals surface area (Å²) in [6, 6.07) is 12.1. The highest BCUT2D eigenvalue weighted by Gasteiger charge is 2.15. The van der Waals surface area contributed by atoms with Crippen LogP contribution in [0.1, 0.15) is 33.5 Å². The second-order valence-corrected chi connectivity index (χ2v) is 4.44. The standard InChI is InChI=1S/C16H14F2O2/c1-11-7-15(13(9-19)8-14(11)16(17)18)20-10-12-5-3-2-4-6-12/h2-9,16H,10H2,1H3. The molecule has 4 heteroatoms. The molecule has 2 nitrogen and oxygen atoms in total. The van der Waals surface area contributed by atoms with Gasteiger partial charge in [0.25, 0.3) is 6.43 Å². The highest BCUT2D eigenvalue weighted by Crippen LogP contribution is 2.29. The smallest absolute Gasteiger partial charge is 0.264 e. The summed E-state index contributed by atoms with van der Waals surface area (Å²) < 4.78 is 31.1. The first kappa shape index (κ1) is 14.2. The van der Waals surface area contributed by atoms with Gasteiger partial charge in [0.15, 0.2) is 6.29 Å². The Balaban J connectivity index is 2.23. The molecule has 0 fully saturated rings. The Morgan fingerprint density at radius 1 is 1.20 bits per heavy atom. The van der Waals surface area contributed by atoms with E-state index in [0.29, 0.717) is 17.6 Å². The van der Waals surface area contributed by atoms with Gasteiger partial charge in [-0.05, 0) is 30.2 Å². The molecule has 0 amide bonds. The fourth-order valence-electron chi connectivity index (χ4n) is 1.90. The van der Waals surface area contributed by atoms with Gasteiger partial charge < -0.3 is 4.74 Å². The number of aryl methyl sites for hydroxylation is 1. The quantitative estimate of drug-likeness (QED) is 0.760. The average Bonchev–Trinajstić information content (AvgIpc) is 2.46. The molecule has 0 bridgehead atoms. The first-order chi connectivity index (χ1) is 9.61. The molecule has 2 rings (SSSR count). The summed E-state index contributed by atoms with van der Waals surface area (Å²) in [5, 5.41) is 0. The maximum atomic E-state index is 12.8. The summed E-state index contributed by atoms with van der Waals surface area (Å²) in [6.45, 7) is 1.86. The van der Waals surface area contributed by atoms with Crippen LogP contribution in [0.4, 0.5) is 8.78 Å². The number of hydrogen-bond acceptors (Lipinski definition) is 2. The fraction of sp³-hybridized carbons (Fsp3) is 0.188. The van der Waals surface area contributed by atoms with Crippen molar-refractivity contribution in [2.24, 2.45) is 0 Å². The van der Waals surface area contributed by atoms with Gasteiger partial charge in [0.1, 0.15) is 12.4 Å². The number of rotatable bonds is 5. The molecule has 0 saturated heterocycles. The first-order valence-corrected chi connectivity index (χ1v) is 6.16. The summed E-state index contributed by atoms with van der Waals surface area (Å²) >= 11 is 0. The highest BCUT2D eigenvalue weighted by atomic mass is 19.3. The van der Waals surface area contributed by atoms with Crippen molar-refractivity contribution in [1.29, 1.82) is 0 Å². The molecule has 0 aliphatic heterocycles. The van der Waals surface area contributed by atoms with Crippen LogP contribution in [0.3, 0.4) is 0 Å². The van der Waals surface area contributed by atoms with Crippen molar-refractivity contribution in [3.63, 3.8) is 0 Å². The Morgan fingerprint density at radius 3 is 2.50 bits per heavy atom. The molecule has 0 heterocycles. The van der Waals surface area contributed by atoms with E-state index in [4.69, 9.17) is 4.74 Å². The van der Waals surface area contributed by atoms with E-state index >= 15 is 0 Å². The van der Waals surface area contributed by atoms with Crippen molar-refractivity contribution < 1.29 is 18.3 Å². The van der Waals surface area contributed by atoms with Crippen LogP contribution < -0.4 is 4.74 Å². The number of halogens is 2. The molecule has 0 radical (unpaired) electrons. The predicted molar refractivity (Wildman–Crippen MR) is 72.3 cm³/mol. The monoisotopic (exact) mass is 276 g/mol. The number of carbonyl (C=O) groups is 1. The molecule has 104 valence electrons. The zero-order valence-corrected chi connectivity index (χ0v) is 11.0. The van der Waals surface area contributed by atoms with Crippen LogP contribution in [0.5, 0.6) is 5.75 Å². The van der Waals surface area contributed by atoms with E-state index in [9.17, 15) is 13.6 Å². The van der Waals surface area contributed by atoms with E-state index in [1.807, 2.05) is 30.3 Å². The van der Waals surface area contributed by atoms with Crippen LogP contribution in [-0.2, 0) is 6.61 Å². The number of ether oxygens (including phenoxy) is 1. The first-order valence-electron chi connectivity index (χ1n) is 6.16. The number of hydrogen-bond donors (Lipinski definition) is 0. The van der Waals surface area contributed by atoms with E-state index in [2.05, 4.69) is 0 Å². The molecular formula is C16H14F2O2. The van der Waals surface area contributed by atoms with Crippen LogP contribution in [0.2, 0.25) is 0 Å². The summed E-state index contributed by atoms with van der Waals surface area (Å²) in [5.74, 6) is 0.325. The lowest BCUT2D eigenvalue weighted by molar-refractivity contribution is 0.111. The molecule has 0 aliphatic rings. The normalized spacial score (nSPS) is 10.6. The molecule has 0 spiro atoms. The fourth-order valence-corrected chi connectivity index (χ4v) is 1.90. The largest absolute Gasteiger partial charge is 0.488 e.